The first-order chi connectivity index (χ1) is 16.9. The summed E-state index contributed by atoms with van der Waals surface area (Å²) in [6, 6.07) is 0. The molecular formula is C32H56N2. The number of nitrogens with zero attached hydrogens (tertiary/aromatic N) is 2. The second-order valence-corrected chi connectivity index (χ2v) is 12.3. The van der Waals surface area contributed by atoms with Crippen molar-refractivity contribution >= 4 is 0 Å². The van der Waals surface area contributed by atoms with E-state index in [4.69, 9.17) is 0 Å². The number of allylic oxidation sites excluding steroid dienone is 4. The number of hydrogen-bond donors (Lipinski definition) is 0. The second-order valence-electron chi connectivity index (χ2n) is 12.3. The van der Waals surface area contributed by atoms with Gasteiger partial charge in [0.05, 0.1) is 0 Å². The first-order valence-electron chi connectivity index (χ1n) is 15.6. The van der Waals surface area contributed by atoms with E-state index in [1.165, 1.54) is 155 Å². The number of piperidine rings is 2. The van der Waals surface area contributed by atoms with Crippen LogP contribution in [0, 0.1) is 23.7 Å². The molecule has 0 spiro atoms. The molecule has 6 bridgehead atoms. The molecule has 6 atom stereocenters. The van der Waals surface area contributed by atoms with Gasteiger partial charge in [-0.2, -0.15) is 0 Å². The fourth-order valence-corrected chi connectivity index (χ4v) is 7.69. The lowest BCUT2D eigenvalue weighted by Crippen LogP contribution is -2.49. The standard InChI is InChI=1S/C32H56N2/c1-2-5-10-14-18-23-34-26-29-19-15-11-7-4-6-9-13-17-22-33-24-21-32(31(25-29)28-34)30(27-33)20-16-12-8-3-1/h1,3-4,6,29-32H,2,5,7-28H2/b3-1-,6-4-/t29-,30-,31-,32-/m1/s1. The summed E-state index contributed by atoms with van der Waals surface area (Å²) in [7, 11) is 0. The lowest BCUT2D eigenvalue weighted by molar-refractivity contribution is 0.0186. The zero-order valence-corrected chi connectivity index (χ0v) is 22.5. The van der Waals surface area contributed by atoms with Crippen molar-refractivity contribution in [2.24, 2.45) is 23.7 Å². The molecule has 0 amide bonds. The Morgan fingerprint density at radius 3 is 1.82 bits per heavy atom. The zero-order chi connectivity index (χ0) is 23.3. The van der Waals surface area contributed by atoms with Crippen LogP contribution in [0.2, 0.25) is 0 Å². The monoisotopic (exact) mass is 468 g/mol. The summed E-state index contributed by atoms with van der Waals surface area (Å²) in [4.78, 5) is 5.80. The minimum absolute atomic E-state index is 0.953. The second kappa shape index (κ2) is 15.5. The summed E-state index contributed by atoms with van der Waals surface area (Å²) in [5.41, 5.74) is 0. The number of hydrogen-bond acceptors (Lipinski definition) is 2. The topological polar surface area (TPSA) is 6.48 Å². The van der Waals surface area contributed by atoms with Gasteiger partial charge in [0.2, 0.25) is 0 Å². The van der Waals surface area contributed by atoms with Gasteiger partial charge in [0.25, 0.3) is 0 Å². The molecule has 5 rings (SSSR count). The van der Waals surface area contributed by atoms with Gasteiger partial charge >= 0.3 is 0 Å². The molecule has 0 aromatic carbocycles. The Hall–Kier alpha value is -0.600. The van der Waals surface area contributed by atoms with E-state index in [9.17, 15) is 0 Å². The van der Waals surface area contributed by atoms with Crippen LogP contribution in [0.25, 0.3) is 0 Å². The molecule has 0 aromatic rings. The SMILES string of the molecule is C1=C\CCCC[C@@H]2CN3CCCC/C=C\CCCC[C@@H]4C[C@H](CN(CCCCCC/1)C4)[C@@H]2CC3. The molecule has 0 N–H and O–H groups in total. The highest BCUT2D eigenvalue weighted by Gasteiger charge is 2.38. The Kier molecular flexibility index (Phi) is 12.1. The van der Waals surface area contributed by atoms with Gasteiger partial charge in [-0.05, 0) is 133 Å². The maximum Gasteiger partial charge on any atom is 0.00127 e. The van der Waals surface area contributed by atoms with Gasteiger partial charge in [0.15, 0.2) is 0 Å². The summed E-state index contributed by atoms with van der Waals surface area (Å²) >= 11 is 0. The summed E-state index contributed by atoms with van der Waals surface area (Å²) < 4.78 is 0. The van der Waals surface area contributed by atoms with Crippen LogP contribution in [0.15, 0.2) is 24.3 Å². The Morgan fingerprint density at radius 2 is 1.03 bits per heavy atom. The quantitative estimate of drug-likeness (QED) is 0.330. The number of rotatable bonds is 0. The zero-order valence-electron chi connectivity index (χ0n) is 22.5. The van der Waals surface area contributed by atoms with Crippen molar-refractivity contribution in [3.8, 4) is 0 Å². The molecule has 2 unspecified atom stereocenters. The van der Waals surface area contributed by atoms with E-state index in [1.807, 2.05) is 0 Å². The molecule has 0 radical (unpaired) electrons. The minimum Gasteiger partial charge on any atom is -0.303 e. The van der Waals surface area contributed by atoms with Crippen LogP contribution in [-0.2, 0) is 0 Å². The molecular weight excluding hydrogens is 412 g/mol. The van der Waals surface area contributed by atoms with Crippen molar-refractivity contribution in [1.82, 2.24) is 9.80 Å². The fraction of sp³-hybridized carbons (Fsp3) is 0.875. The van der Waals surface area contributed by atoms with E-state index in [2.05, 4.69) is 34.1 Å². The Bertz CT molecular complexity index is 596. The van der Waals surface area contributed by atoms with Gasteiger partial charge in [-0.15, -0.1) is 0 Å². The van der Waals surface area contributed by atoms with Crippen LogP contribution >= 0.6 is 0 Å². The predicted molar refractivity (Wildman–Crippen MR) is 148 cm³/mol. The van der Waals surface area contributed by atoms with E-state index in [0.717, 1.165) is 23.7 Å². The van der Waals surface area contributed by atoms with E-state index in [1.54, 1.807) is 0 Å². The molecule has 5 aliphatic rings. The molecule has 194 valence electrons. The normalized spacial score (nSPS) is 39.8. The fourth-order valence-electron chi connectivity index (χ4n) is 7.69. The molecule has 5 heterocycles. The minimum atomic E-state index is 0.953. The molecule has 0 saturated carbocycles. The average Bonchev–Trinajstić information content (AvgIpc) is 2.85. The molecule has 2 fully saturated rings. The first-order valence-corrected chi connectivity index (χ1v) is 15.6. The third-order valence-corrected chi connectivity index (χ3v) is 9.58. The smallest absolute Gasteiger partial charge is 0.00127 e. The van der Waals surface area contributed by atoms with Crippen LogP contribution in [-0.4, -0.2) is 49.1 Å². The van der Waals surface area contributed by atoms with Crippen molar-refractivity contribution in [1.29, 1.82) is 0 Å². The highest BCUT2D eigenvalue weighted by atomic mass is 15.1. The Balaban J connectivity index is 1.47. The van der Waals surface area contributed by atoms with Crippen molar-refractivity contribution in [2.45, 2.75) is 116 Å². The molecule has 2 saturated heterocycles. The third-order valence-electron chi connectivity index (χ3n) is 9.58. The summed E-state index contributed by atoms with van der Waals surface area (Å²) in [5, 5.41) is 0. The highest BCUT2D eigenvalue weighted by molar-refractivity contribution is 4.91. The predicted octanol–water partition coefficient (Wildman–Crippen LogP) is 8.24. The van der Waals surface area contributed by atoms with Gasteiger partial charge in [-0.25, -0.2) is 0 Å². The van der Waals surface area contributed by atoms with Gasteiger partial charge in [-0.3, -0.25) is 0 Å². The first kappa shape index (κ1) is 26.5. The van der Waals surface area contributed by atoms with Gasteiger partial charge in [-0.1, -0.05) is 50.0 Å². The average molecular weight is 469 g/mol. The van der Waals surface area contributed by atoms with Crippen molar-refractivity contribution in [3.05, 3.63) is 24.3 Å². The maximum atomic E-state index is 2.94. The molecule has 2 nitrogen and oxygen atoms in total. The van der Waals surface area contributed by atoms with Crippen LogP contribution in [0.5, 0.6) is 0 Å². The van der Waals surface area contributed by atoms with Gasteiger partial charge < -0.3 is 9.80 Å². The van der Waals surface area contributed by atoms with E-state index in [0.29, 0.717) is 0 Å². The van der Waals surface area contributed by atoms with Gasteiger partial charge in [0.1, 0.15) is 0 Å². The summed E-state index contributed by atoms with van der Waals surface area (Å²) in [5.74, 6) is 3.88. The third kappa shape index (κ3) is 9.12. The molecule has 0 aliphatic carbocycles. The summed E-state index contributed by atoms with van der Waals surface area (Å²) in [6.07, 6.45) is 35.3. The van der Waals surface area contributed by atoms with E-state index in [-0.39, 0.29) is 0 Å². The van der Waals surface area contributed by atoms with Crippen molar-refractivity contribution in [2.75, 3.05) is 39.3 Å². The lowest BCUT2D eigenvalue weighted by Gasteiger charge is -2.47. The van der Waals surface area contributed by atoms with Gasteiger partial charge in [0, 0.05) is 19.6 Å². The Morgan fingerprint density at radius 1 is 0.441 bits per heavy atom. The highest BCUT2D eigenvalue weighted by Crippen LogP contribution is 2.40. The van der Waals surface area contributed by atoms with Crippen LogP contribution in [0.4, 0.5) is 0 Å². The van der Waals surface area contributed by atoms with E-state index >= 15 is 0 Å². The molecule has 34 heavy (non-hydrogen) atoms. The largest absolute Gasteiger partial charge is 0.303 e. The Labute approximate surface area is 212 Å². The van der Waals surface area contributed by atoms with Crippen LogP contribution in [0.1, 0.15) is 116 Å². The maximum absolute atomic E-state index is 2.94. The molecule has 5 aliphatic heterocycles. The van der Waals surface area contributed by atoms with Crippen molar-refractivity contribution in [3.63, 3.8) is 0 Å². The van der Waals surface area contributed by atoms with Crippen LogP contribution in [0.3, 0.4) is 0 Å². The van der Waals surface area contributed by atoms with Crippen molar-refractivity contribution < 1.29 is 0 Å². The lowest BCUT2D eigenvalue weighted by atomic mass is 9.69. The molecule has 0 aromatic heterocycles. The summed E-state index contributed by atoms with van der Waals surface area (Å²) in [6.45, 7) is 8.31. The van der Waals surface area contributed by atoms with Crippen LogP contribution < -0.4 is 0 Å². The molecule has 2 heteroatoms. The number of fused-ring (bicyclic) bond motifs is 10. The van der Waals surface area contributed by atoms with E-state index < -0.39 is 0 Å².